The highest BCUT2D eigenvalue weighted by molar-refractivity contribution is 9.10. The van der Waals surface area contributed by atoms with Crippen molar-refractivity contribution in [2.75, 3.05) is 6.61 Å². The second kappa shape index (κ2) is 6.26. The molecule has 3 N–H and O–H groups in total. The molecule has 3 unspecified atom stereocenters. The lowest BCUT2D eigenvalue weighted by atomic mass is 9.86. The van der Waals surface area contributed by atoms with E-state index < -0.39 is 17.7 Å². The Kier molecular flexibility index (Phi) is 4.89. The van der Waals surface area contributed by atoms with Crippen molar-refractivity contribution < 1.29 is 13.5 Å². The van der Waals surface area contributed by atoms with Crippen LogP contribution in [0, 0.1) is 17.6 Å². The van der Waals surface area contributed by atoms with Gasteiger partial charge in [-0.05, 0) is 40.9 Å². The first-order valence-electron chi connectivity index (χ1n) is 6.31. The monoisotopic (exact) mass is 334 g/mol. The molecule has 1 aliphatic rings. The van der Waals surface area contributed by atoms with E-state index in [2.05, 4.69) is 21.4 Å². The van der Waals surface area contributed by atoms with E-state index >= 15 is 0 Å². The average Bonchev–Trinajstić information content (AvgIpc) is 2.87. The van der Waals surface area contributed by atoms with Gasteiger partial charge in [0.25, 0.3) is 0 Å². The van der Waals surface area contributed by atoms with Gasteiger partial charge in [-0.2, -0.15) is 0 Å². The summed E-state index contributed by atoms with van der Waals surface area (Å²) in [5, 5.41) is 0. The maximum Gasteiger partial charge on any atom is 0.145 e. The highest BCUT2D eigenvalue weighted by Crippen LogP contribution is 2.37. The van der Waals surface area contributed by atoms with E-state index in [1.165, 1.54) is 12.1 Å². The third kappa shape index (κ3) is 2.81. The van der Waals surface area contributed by atoms with Crippen LogP contribution in [0.5, 0.6) is 0 Å². The average molecular weight is 335 g/mol. The van der Waals surface area contributed by atoms with Crippen LogP contribution < -0.4 is 11.3 Å². The molecule has 2 rings (SSSR count). The molecule has 0 radical (unpaired) electrons. The third-order valence-electron chi connectivity index (χ3n) is 3.66. The van der Waals surface area contributed by atoms with Crippen LogP contribution in [0.25, 0.3) is 0 Å². The quantitative estimate of drug-likeness (QED) is 0.505. The topological polar surface area (TPSA) is 47.3 Å². The molecule has 6 heteroatoms. The number of benzene rings is 1. The van der Waals surface area contributed by atoms with Gasteiger partial charge in [0.1, 0.15) is 11.6 Å². The number of rotatable bonds is 4. The van der Waals surface area contributed by atoms with Crippen LogP contribution in [-0.4, -0.2) is 12.7 Å². The van der Waals surface area contributed by atoms with Crippen molar-refractivity contribution in [3.8, 4) is 0 Å². The molecule has 0 bridgehead atoms. The summed E-state index contributed by atoms with van der Waals surface area (Å²) in [5.74, 6) is 4.30. The maximum atomic E-state index is 14.2. The summed E-state index contributed by atoms with van der Waals surface area (Å²) in [6, 6.07) is 2.00. The Bertz CT molecular complexity index is 459. The number of hydrogen-bond donors (Lipinski definition) is 2. The molecule has 0 aliphatic carbocycles. The first-order chi connectivity index (χ1) is 9.10. The van der Waals surface area contributed by atoms with E-state index in [9.17, 15) is 8.78 Å². The van der Waals surface area contributed by atoms with Crippen molar-refractivity contribution in [1.82, 2.24) is 5.43 Å². The van der Waals surface area contributed by atoms with Crippen molar-refractivity contribution >= 4 is 15.9 Å². The fourth-order valence-electron chi connectivity index (χ4n) is 2.72. The molecular formula is C13H17BrF2N2O. The van der Waals surface area contributed by atoms with E-state index in [-0.39, 0.29) is 22.1 Å². The van der Waals surface area contributed by atoms with Gasteiger partial charge in [-0.15, -0.1) is 0 Å². The van der Waals surface area contributed by atoms with Crippen molar-refractivity contribution in [3.05, 3.63) is 33.8 Å². The van der Waals surface area contributed by atoms with Crippen molar-refractivity contribution in [3.63, 3.8) is 0 Å². The second-order valence-electron chi connectivity index (χ2n) is 4.67. The van der Waals surface area contributed by atoms with Gasteiger partial charge in [-0.1, -0.05) is 6.92 Å². The Morgan fingerprint density at radius 1 is 1.53 bits per heavy atom. The molecule has 19 heavy (non-hydrogen) atoms. The van der Waals surface area contributed by atoms with E-state index in [4.69, 9.17) is 10.6 Å². The summed E-state index contributed by atoms with van der Waals surface area (Å²) in [7, 11) is 0. The van der Waals surface area contributed by atoms with Gasteiger partial charge in [0.15, 0.2) is 0 Å². The molecule has 106 valence electrons. The van der Waals surface area contributed by atoms with E-state index in [1.807, 2.05) is 6.92 Å². The molecule has 1 heterocycles. The predicted octanol–water partition coefficient (Wildman–Crippen LogP) is 3.05. The summed E-state index contributed by atoms with van der Waals surface area (Å²) < 4.78 is 33.9. The number of nitrogens with one attached hydrogen (secondary N) is 1. The summed E-state index contributed by atoms with van der Waals surface area (Å²) in [6.45, 7) is 2.59. The van der Waals surface area contributed by atoms with E-state index in [1.54, 1.807) is 0 Å². The third-order valence-corrected chi connectivity index (χ3v) is 4.27. The molecule has 0 spiro atoms. The van der Waals surface area contributed by atoms with Gasteiger partial charge >= 0.3 is 0 Å². The minimum atomic E-state index is -0.607. The Morgan fingerprint density at radius 2 is 2.26 bits per heavy atom. The smallest absolute Gasteiger partial charge is 0.145 e. The molecule has 1 aromatic carbocycles. The predicted molar refractivity (Wildman–Crippen MR) is 72.3 cm³/mol. The highest BCUT2D eigenvalue weighted by atomic mass is 79.9. The molecule has 0 aromatic heterocycles. The number of halogens is 3. The molecule has 0 saturated carbocycles. The molecule has 3 atom stereocenters. The number of hydrogen-bond acceptors (Lipinski definition) is 3. The zero-order valence-corrected chi connectivity index (χ0v) is 12.2. The maximum absolute atomic E-state index is 14.2. The Morgan fingerprint density at radius 3 is 2.89 bits per heavy atom. The van der Waals surface area contributed by atoms with Gasteiger partial charge < -0.3 is 4.74 Å². The largest absolute Gasteiger partial charge is 0.378 e. The van der Waals surface area contributed by atoms with Gasteiger partial charge in [-0.3, -0.25) is 11.3 Å². The number of hydrazine groups is 1. The summed E-state index contributed by atoms with van der Waals surface area (Å²) in [6.07, 6.45) is 1.50. The fraction of sp³-hybridized carbons (Fsp3) is 0.538. The van der Waals surface area contributed by atoms with Crippen LogP contribution in [0.1, 0.15) is 31.4 Å². The Labute approximate surface area is 119 Å². The number of ether oxygens (including phenoxy) is 1. The van der Waals surface area contributed by atoms with Gasteiger partial charge in [0.05, 0.1) is 16.6 Å². The number of nitrogens with two attached hydrogens (primary N) is 1. The van der Waals surface area contributed by atoms with Gasteiger partial charge in [-0.25, -0.2) is 8.78 Å². The molecule has 1 saturated heterocycles. The van der Waals surface area contributed by atoms with Crippen molar-refractivity contribution in [1.29, 1.82) is 0 Å². The molecule has 1 aromatic rings. The van der Waals surface area contributed by atoms with Crippen LogP contribution in [0.4, 0.5) is 8.78 Å². The first-order valence-corrected chi connectivity index (χ1v) is 7.10. The molecule has 0 amide bonds. The van der Waals surface area contributed by atoms with Crippen LogP contribution in [-0.2, 0) is 4.74 Å². The zero-order chi connectivity index (χ0) is 14.0. The highest BCUT2D eigenvalue weighted by Gasteiger charge is 2.37. The molecule has 1 aliphatic heterocycles. The van der Waals surface area contributed by atoms with Crippen molar-refractivity contribution in [2.45, 2.75) is 31.9 Å². The van der Waals surface area contributed by atoms with Crippen molar-refractivity contribution in [2.24, 2.45) is 11.8 Å². The zero-order valence-electron chi connectivity index (χ0n) is 10.6. The van der Waals surface area contributed by atoms with Gasteiger partial charge in [0, 0.05) is 18.1 Å². The Balaban J connectivity index is 2.39. The van der Waals surface area contributed by atoms with Crippen LogP contribution in [0.2, 0.25) is 0 Å². The fourth-order valence-corrected chi connectivity index (χ4v) is 3.06. The molecule has 3 nitrogen and oxygen atoms in total. The van der Waals surface area contributed by atoms with E-state index in [0.29, 0.717) is 6.61 Å². The van der Waals surface area contributed by atoms with Crippen LogP contribution in [0.15, 0.2) is 16.6 Å². The lowest BCUT2D eigenvalue weighted by Crippen LogP contribution is -2.38. The van der Waals surface area contributed by atoms with E-state index in [0.717, 1.165) is 12.8 Å². The van der Waals surface area contributed by atoms with Gasteiger partial charge in [0.2, 0.25) is 0 Å². The summed E-state index contributed by atoms with van der Waals surface area (Å²) in [4.78, 5) is 0. The SMILES string of the molecule is CCC1OCCC1C(NN)c1c(F)ccc(Br)c1F. The lowest BCUT2D eigenvalue weighted by molar-refractivity contribution is 0.0765. The molecule has 1 fully saturated rings. The lowest BCUT2D eigenvalue weighted by Gasteiger charge is -2.27. The first kappa shape index (κ1) is 14.8. The standard InChI is InChI=1S/C13H17BrF2N2O/c1-2-10-7(5-6-19-10)13(18-17)11-9(15)4-3-8(14)12(11)16/h3-4,7,10,13,18H,2,5-6,17H2,1H3. The summed E-state index contributed by atoms with van der Waals surface area (Å²) >= 11 is 3.08. The minimum Gasteiger partial charge on any atom is -0.378 e. The Hall–Kier alpha value is -0.560. The second-order valence-corrected chi connectivity index (χ2v) is 5.53. The minimum absolute atomic E-state index is 0.0224. The van der Waals surface area contributed by atoms with Crippen LogP contribution in [0.3, 0.4) is 0 Å². The normalized spacial score (nSPS) is 24.7. The molecular weight excluding hydrogens is 318 g/mol. The summed E-state index contributed by atoms with van der Waals surface area (Å²) in [5.41, 5.74) is 2.53. The van der Waals surface area contributed by atoms with Crippen LogP contribution >= 0.6 is 15.9 Å².